The van der Waals surface area contributed by atoms with E-state index in [1.165, 1.54) is 28.6 Å². The average molecular weight is 623 g/mol. The first-order valence-corrected chi connectivity index (χ1v) is 15.4. The maximum atomic E-state index is 13.2. The van der Waals surface area contributed by atoms with Gasteiger partial charge in [-0.15, -0.1) is 0 Å². The summed E-state index contributed by atoms with van der Waals surface area (Å²) in [6.45, 7) is 2.14. The zero-order valence-corrected chi connectivity index (χ0v) is 24.6. The van der Waals surface area contributed by atoms with Crippen molar-refractivity contribution in [3.05, 3.63) is 117 Å². The van der Waals surface area contributed by atoms with Crippen molar-refractivity contribution in [3.8, 4) is 22.4 Å². The van der Waals surface area contributed by atoms with Gasteiger partial charge in [-0.1, -0.05) is 47.5 Å². The van der Waals surface area contributed by atoms with Crippen molar-refractivity contribution in [1.82, 2.24) is 18.6 Å². The molecule has 0 radical (unpaired) electrons. The van der Waals surface area contributed by atoms with Gasteiger partial charge < -0.3 is 4.40 Å². The lowest BCUT2D eigenvalue weighted by Gasteiger charge is -2.34. The standard InChI is InChI=1S/C30H25Cl2N5O4S/c31-24-7-4-21(5-8-24)30-28(36-19-23(6-13-29(36)33-30)22-2-1-3-25(32)18-22)20-34-14-16-35(17-15-34)42(40,41)27-11-9-26(10-12-27)37(38)39/h1-13,18-19H,14-17,20H2. The summed E-state index contributed by atoms with van der Waals surface area (Å²) in [5.74, 6) is 0. The maximum Gasteiger partial charge on any atom is 0.269 e. The highest BCUT2D eigenvalue weighted by Gasteiger charge is 2.30. The minimum atomic E-state index is -3.78. The molecule has 214 valence electrons. The third-order valence-electron chi connectivity index (χ3n) is 7.38. The molecule has 12 heteroatoms. The van der Waals surface area contributed by atoms with E-state index >= 15 is 0 Å². The Kier molecular flexibility index (Phi) is 7.73. The van der Waals surface area contributed by atoms with Gasteiger partial charge in [-0.3, -0.25) is 15.0 Å². The minimum absolute atomic E-state index is 0.0434. The Morgan fingerprint density at radius 1 is 0.810 bits per heavy atom. The molecular formula is C30H25Cl2N5O4S. The van der Waals surface area contributed by atoms with Crippen LogP contribution in [0.25, 0.3) is 28.0 Å². The van der Waals surface area contributed by atoms with Crippen molar-refractivity contribution >= 4 is 44.6 Å². The van der Waals surface area contributed by atoms with E-state index in [0.29, 0.717) is 42.8 Å². The second kappa shape index (κ2) is 11.5. The molecule has 9 nitrogen and oxygen atoms in total. The Morgan fingerprint density at radius 2 is 1.50 bits per heavy atom. The fourth-order valence-corrected chi connectivity index (χ4v) is 6.89. The van der Waals surface area contributed by atoms with Gasteiger partial charge in [0.25, 0.3) is 5.69 Å². The van der Waals surface area contributed by atoms with E-state index in [0.717, 1.165) is 33.7 Å². The van der Waals surface area contributed by atoms with Crippen LogP contribution in [-0.2, 0) is 16.6 Å². The summed E-state index contributed by atoms with van der Waals surface area (Å²) < 4.78 is 30.0. The molecule has 0 saturated carbocycles. The smallest absolute Gasteiger partial charge is 0.269 e. The van der Waals surface area contributed by atoms with Gasteiger partial charge in [0.05, 0.1) is 21.2 Å². The summed E-state index contributed by atoms with van der Waals surface area (Å²) in [6.07, 6.45) is 2.05. The molecule has 0 aliphatic carbocycles. The summed E-state index contributed by atoms with van der Waals surface area (Å²) in [6, 6.07) is 24.2. The molecule has 0 unspecified atom stereocenters. The fraction of sp³-hybridized carbons (Fsp3) is 0.167. The highest BCUT2D eigenvalue weighted by atomic mass is 35.5. The summed E-state index contributed by atoms with van der Waals surface area (Å²) in [5.41, 5.74) is 5.36. The predicted molar refractivity (Wildman–Crippen MR) is 163 cm³/mol. The Hall–Kier alpha value is -3.80. The highest BCUT2D eigenvalue weighted by molar-refractivity contribution is 7.89. The molecule has 42 heavy (non-hydrogen) atoms. The number of imidazole rings is 1. The number of halogens is 2. The lowest BCUT2D eigenvalue weighted by atomic mass is 10.1. The van der Waals surface area contributed by atoms with E-state index in [1.807, 2.05) is 60.7 Å². The fourth-order valence-electron chi connectivity index (χ4n) is 5.15. The van der Waals surface area contributed by atoms with Gasteiger partial charge in [-0.05, 0) is 59.7 Å². The summed E-state index contributed by atoms with van der Waals surface area (Å²) >= 11 is 12.4. The number of nitro groups is 1. The summed E-state index contributed by atoms with van der Waals surface area (Å²) in [4.78, 5) is 17.6. The lowest BCUT2D eigenvalue weighted by molar-refractivity contribution is -0.384. The van der Waals surface area contributed by atoms with Crippen molar-refractivity contribution < 1.29 is 13.3 Å². The van der Waals surface area contributed by atoms with Gasteiger partial charge in [0.2, 0.25) is 10.0 Å². The topological polar surface area (TPSA) is 101 Å². The van der Waals surface area contributed by atoms with Gasteiger partial charge >= 0.3 is 0 Å². The first kappa shape index (κ1) is 28.3. The molecule has 1 aliphatic heterocycles. The van der Waals surface area contributed by atoms with E-state index in [1.54, 1.807) is 0 Å². The third-order valence-corrected chi connectivity index (χ3v) is 9.78. The second-order valence-electron chi connectivity index (χ2n) is 10.0. The number of non-ortho nitro benzene ring substituents is 1. The van der Waals surface area contributed by atoms with Gasteiger partial charge in [0.15, 0.2) is 0 Å². The van der Waals surface area contributed by atoms with Crippen molar-refractivity contribution in [2.75, 3.05) is 26.2 Å². The number of rotatable bonds is 7. The SMILES string of the molecule is O=[N+]([O-])c1ccc(S(=O)(=O)N2CCN(Cc3c(-c4ccc(Cl)cc4)nc4ccc(-c5cccc(Cl)c5)cn34)CC2)cc1. The number of piperazine rings is 1. The van der Waals surface area contributed by atoms with Gasteiger partial charge in [-0.2, -0.15) is 4.31 Å². The molecule has 0 amide bonds. The number of sulfonamides is 1. The van der Waals surface area contributed by atoms with Gasteiger partial charge in [0.1, 0.15) is 5.65 Å². The number of hydrogen-bond donors (Lipinski definition) is 0. The maximum absolute atomic E-state index is 13.2. The van der Waals surface area contributed by atoms with E-state index in [9.17, 15) is 18.5 Å². The highest BCUT2D eigenvalue weighted by Crippen LogP contribution is 2.30. The van der Waals surface area contributed by atoms with Crippen LogP contribution in [0.2, 0.25) is 10.0 Å². The molecular weight excluding hydrogens is 597 g/mol. The largest absolute Gasteiger partial charge is 0.301 e. The molecule has 3 heterocycles. The Morgan fingerprint density at radius 3 is 2.17 bits per heavy atom. The molecule has 0 N–H and O–H groups in total. The molecule has 1 fully saturated rings. The number of benzene rings is 3. The van der Waals surface area contributed by atoms with Crippen molar-refractivity contribution in [3.63, 3.8) is 0 Å². The molecule has 1 aliphatic rings. The van der Waals surface area contributed by atoms with Crippen LogP contribution in [0.3, 0.4) is 0 Å². The van der Waals surface area contributed by atoms with Crippen molar-refractivity contribution in [1.29, 1.82) is 0 Å². The van der Waals surface area contributed by atoms with Gasteiger partial charge in [0, 0.05) is 66.7 Å². The van der Waals surface area contributed by atoms with Crippen LogP contribution in [0.5, 0.6) is 0 Å². The molecule has 3 aromatic carbocycles. The molecule has 5 aromatic rings. The zero-order valence-electron chi connectivity index (χ0n) is 22.2. The number of hydrogen-bond acceptors (Lipinski definition) is 6. The Labute approximate surface area is 252 Å². The zero-order chi connectivity index (χ0) is 29.4. The van der Waals surface area contributed by atoms with Crippen LogP contribution in [0, 0.1) is 10.1 Å². The number of nitro benzene ring substituents is 1. The normalized spacial score (nSPS) is 14.8. The monoisotopic (exact) mass is 621 g/mol. The summed E-state index contributed by atoms with van der Waals surface area (Å²) in [7, 11) is -3.78. The molecule has 0 atom stereocenters. The molecule has 6 rings (SSSR count). The lowest BCUT2D eigenvalue weighted by Crippen LogP contribution is -2.48. The molecule has 0 bridgehead atoms. The third kappa shape index (κ3) is 5.64. The van der Waals surface area contributed by atoms with Crippen LogP contribution in [0.15, 0.2) is 96.0 Å². The Balaban J connectivity index is 1.29. The van der Waals surface area contributed by atoms with E-state index in [4.69, 9.17) is 28.2 Å². The molecule has 2 aromatic heterocycles. The molecule has 1 saturated heterocycles. The number of fused-ring (bicyclic) bond motifs is 1. The van der Waals surface area contributed by atoms with E-state index < -0.39 is 14.9 Å². The summed E-state index contributed by atoms with van der Waals surface area (Å²) in [5, 5.41) is 12.3. The van der Waals surface area contributed by atoms with E-state index in [-0.39, 0.29) is 10.6 Å². The first-order valence-electron chi connectivity index (χ1n) is 13.2. The first-order chi connectivity index (χ1) is 20.2. The van der Waals surface area contributed by atoms with Crippen LogP contribution >= 0.6 is 23.2 Å². The molecule has 0 spiro atoms. The predicted octanol–water partition coefficient (Wildman–Crippen LogP) is 6.39. The van der Waals surface area contributed by atoms with Crippen LogP contribution in [0.4, 0.5) is 5.69 Å². The quantitative estimate of drug-likeness (QED) is 0.154. The second-order valence-corrected chi connectivity index (χ2v) is 12.8. The minimum Gasteiger partial charge on any atom is -0.301 e. The Bertz CT molecular complexity index is 1890. The van der Waals surface area contributed by atoms with Crippen molar-refractivity contribution in [2.24, 2.45) is 0 Å². The van der Waals surface area contributed by atoms with E-state index in [2.05, 4.69) is 15.5 Å². The van der Waals surface area contributed by atoms with Crippen LogP contribution in [-0.4, -0.2) is 58.1 Å². The van der Waals surface area contributed by atoms with Crippen molar-refractivity contribution in [2.45, 2.75) is 11.4 Å². The van der Waals surface area contributed by atoms with Crippen LogP contribution < -0.4 is 0 Å². The van der Waals surface area contributed by atoms with Gasteiger partial charge in [-0.25, -0.2) is 13.4 Å². The average Bonchev–Trinajstić information content (AvgIpc) is 3.35. The van der Waals surface area contributed by atoms with Crippen LogP contribution in [0.1, 0.15) is 5.69 Å². The number of aromatic nitrogens is 2. The number of nitrogens with zero attached hydrogens (tertiary/aromatic N) is 5. The number of pyridine rings is 1.